The number of H-pyrrole nitrogens is 1. The zero-order chi connectivity index (χ0) is 22.7. The lowest BCUT2D eigenvalue weighted by Gasteiger charge is -2.36. The largest absolute Gasteiger partial charge is 0.367 e. The summed E-state index contributed by atoms with van der Waals surface area (Å²) in [7, 11) is 0. The molecule has 1 N–H and O–H groups in total. The van der Waals surface area contributed by atoms with Crippen molar-refractivity contribution >= 4 is 16.6 Å². The van der Waals surface area contributed by atoms with E-state index in [1.807, 2.05) is 24.7 Å². The fourth-order valence-corrected chi connectivity index (χ4v) is 4.90. The number of fused-ring (bicyclic) bond motifs is 1. The van der Waals surface area contributed by atoms with E-state index in [4.69, 9.17) is 5.10 Å². The lowest BCUT2D eigenvalue weighted by Crippen LogP contribution is -2.46. The fourth-order valence-electron chi connectivity index (χ4n) is 4.90. The summed E-state index contributed by atoms with van der Waals surface area (Å²) in [6.45, 7) is 5.72. The third kappa shape index (κ3) is 4.20. The minimum absolute atomic E-state index is 0.766. The van der Waals surface area contributed by atoms with E-state index < -0.39 is 0 Å². The predicted molar refractivity (Wildman–Crippen MR) is 137 cm³/mol. The van der Waals surface area contributed by atoms with Crippen LogP contribution in [-0.4, -0.2) is 50.8 Å². The van der Waals surface area contributed by atoms with E-state index in [1.165, 1.54) is 27.7 Å². The van der Waals surface area contributed by atoms with Crippen molar-refractivity contribution in [2.24, 2.45) is 0 Å². The summed E-state index contributed by atoms with van der Waals surface area (Å²) in [5, 5.41) is 6.24. The van der Waals surface area contributed by atoms with E-state index in [9.17, 15) is 0 Å². The summed E-state index contributed by atoms with van der Waals surface area (Å²) in [6.07, 6.45) is 7.96. The Morgan fingerprint density at radius 2 is 1.71 bits per heavy atom. The first-order chi connectivity index (χ1) is 16.8. The quantitative estimate of drug-likeness (QED) is 0.406. The normalized spacial score (nSPS) is 14.6. The number of anilines is 1. The number of rotatable bonds is 6. The molecule has 3 aromatic heterocycles. The molecule has 0 atom stereocenters. The van der Waals surface area contributed by atoms with Gasteiger partial charge in [-0.05, 0) is 29.8 Å². The third-order valence-corrected chi connectivity index (χ3v) is 6.63. The number of aromatic nitrogens is 4. The number of nitrogens with one attached hydrogen (secondary N) is 1. The van der Waals surface area contributed by atoms with Crippen LogP contribution in [0.25, 0.3) is 22.2 Å². The Morgan fingerprint density at radius 1 is 0.824 bits per heavy atom. The van der Waals surface area contributed by atoms with Crippen LogP contribution < -0.4 is 4.90 Å². The van der Waals surface area contributed by atoms with Crippen molar-refractivity contribution in [1.29, 1.82) is 0 Å². The summed E-state index contributed by atoms with van der Waals surface area (Å²) in [5.74, 6) is 0. The molecular formula is C28H28N6. The molecule has 0 amide bonds. The maximum absolute atomic E-state index is 4.97. The molecule has 0 bridgehead atoms. The molecule has 0 aliphatic carbocycles. The van der Waals surface area contributed by atoms with Crippen molar-refractivity contribution in [3.05, 3.63) is 103 Å². The van der Waals surface area contributed by atoms with Crippen LogP contribution in [0.1, 0.15) is 11.1 Å². The van der Waals surface area contributed by atoms with E-state index >= 15 is 0 Å². The second-order valence-electron chi connectivity index (χ2n) is 8.91. The second-order valence-corrected chi connectivity index (χ2v) is 8.91. The highest BCUT2D eigenvalue weighted by atomic mass is 15.3. The number of para-hydroxylation sites is 1. The van der Waals surface area contributed by atoms with E-state index in [0.717, 1.165) is 50.5 Å². The average molecular weight is 449 g/mol. The number of nitrogens with zero attached hydrogens (tertiary/aromatic N) is 5. The van der Waals surface area contributed by atoms with Gasteiger partial charge in [0.15, 0.2) is 0 Å². The number of pyridine rings is 1. The fraction of sp³-hybridized carbons (Fsp3) is 0.214. The Kier molecular flexibility index (Phi) is 5.57. The maximum Gasteiger partial charge on any atom is 0.0983 e. The van der Waals surface area contributed by atoms with Crippen LogP contribution in [0.5, 0.6) is 0 Å². The molecule has 1 aliphatic heterocycles. The minimum Gasteiger partial charge on any atom is -0.367 e. The number of piperazine rings is 1. The molecule has 34 heavy (non-hydrogen) atoms. The van der Waals surface area contributed by atoms with Crippen LogP contribution in [0.15, 0.2) is 91.5 Å². The van der Waals surface area contributed by atoms with E-state index in [2.05, 4.69) is 91.3 Å². The van der Waals surface area contributed by atoms with Crippen molar-refractivity contribution in [2.45, 2.75) is 13.1 Å². The van der Waals surface area contributed by atoms with Gasteiger partial charge in [-0.3, -0.25) is 14.6 Å². The average Bonchev–Trinajstić information content (AvgIpc) is 3.53. The summed E-state index contributed by atoms with van der Waals surface area (Å²) in [4.78, 5) is 12.8. The zero-order valence-electron chi connectivity index (χ0n) is 19.1. The van der Waals surface area contributed by atoms with Crippen molar-refractivity contribution in [1.82, 2.24) is 24.6 Å². The van der Waals surface area contributed by atoms with Gasteiger partial charge in [-0.15, -0.1) is 0 Å². The Hall–Kier alpha value is -3.90. The molecule has 4 heterocycles. The van der Waals surface area contributed by atoms with Crippen LogP contribution in [0.3, 0.4) is 0 Å². The Bertz CT molecular complexity index is 1360. The van der Waals surface area contributed by atoms with E-state index in [1.54, 1.807) is 0 Å². The molecular weight excluding hydrogens is 420 g/mol. The monoisotopic (exact) mass is 448 g/mol. The lowest BCUT2D eigenvalue weighted by atomic mass is 10.1. The number of benzene rings is 2. The molecule has 6 nitrogen and oxygen atoms in total. The van der Waals surface area contributed by atoms with Crippen LogP contribution in [0.4, 0.5) is 5.69 Å². The van der Waals surface area contributed by atoms with Crippen molar-refractivity contribution in [3.63, 3.8) is 0 Å². The van der Waals surface area contributed by atoms with E-state index in [0.29, 0.717) is 0 Å². The van der Waals surface area contributed by atoms with Crippen LogP contribution in [-0.2, 0) is 13.1 Å². The minimum atomic E-state index is 0.766. The van der Waals surface area contributed by atoms with Gasteiger partial charge in [0, 0.05) is 74.0 Å². The molecule has 6 rings (SSSR count). The maximum atomic E-state index is 4.97. The molecule has 170 valence electrons. The number of aromatic amines is 1. The third-order valence-electron chi connectivity index (χ3n) is 6.63. The van der Waals surface area contributed by atoms with Gasteiger partial charge in [-0.1, -0.05) is 42.5 Å². The number of hydrogen-bond acceptors (Lipinski definition) is 4. The van der Waals surface area contributed by atoms with Gasteiger partial charge in [0.1, 0.15) is 0 Å². The predicted octanol–water partition coefficient (Wildman–Crippen LogP) is 4.80. The molecule has 1 aliphatic rings. The molecule has 0 spiro atoms. The van der Waals surface area contributed by atoms with Gasteiger partial charge in [-0.25, -0.2) is 0 Å². The van der Waals surface area contributed by atoms with Gasteiger partial charge < -0.3 is 9.88 Å². The lowest BCUT2D eigenvalue weighted by molar-refractivity contribution is 0.250. The Morgan fingerprint density at radius 3 is 2.53 bits per heavy atom. The van der Waals surface area contributed by atoms with Crippen LogP contribution in [0, 0.1) is 0 Å². The molecule has 1 fully saturated rings. The molecule has 0 radical (unpaired) electrons. The highest BCUT2D eigenvalue weighted by Crippen LogP contribution is 2.28. The van der Waals surface area contributed by atoms with Gasteiger partial charge >= 0.3 is 0 Å². The topological polar surface area (TPSA) is 53.0 Å². The SMILES string of the molecule is c1ccc(Cn2cc(CN3CCN(c4cccc5cc[nH]c45)CC3)c(-c3cccnc3)n2)cc1. The van der Waals surface area contributed by atoms with Gasteiger partial charge in [0.25, 0.3) is 0 Å². The molecule has 1 saturated heterocycles. The smallest absolute Gasteiger partial charge is 0.0983 e. The van der Waals surface area contributed by atoms with E-state index in [-0.39, 0.29) is 0 Å². The Balaban J connectivity index is 1.20. The molecule has 5 aromatic rings. The molecule has 0 unspecified atom stereocenters. The van der Waals surface area contributed by atoms with Crippen LogP contribution >= 0.6 is 0 Å². The summed E-state index contributed by atoms with van der Waals surface area (Å²) in [6, 6.07) is 23.3. The second kappa shape index (κ2) is 9.15. The highest BCUT2D eigenvalue weighted by molar-refractivity contribution is 5.91. The standard InChI is InChI=1S/C28H28N6/c1-2-6-22(7-3-1)19-34-21-25(27(31-34)24-9-5-12-29-18-24)20-32-14-16-33(17-15-32)26-10-4-8-23-11-13-30-28(23)26/h1-13,18,21,30H,14-17,19-20H2. The van der Waals surface area contributed by atoms with Crippen molar-refractivity contribution in [3.8, 4) is 11.3 Å². The first kappa shape index (κ1) is 20.7. The molecule has 6 heteroatoms. The number of hydrogen-bond donors (Lipinski definition) is 1. The first-order valence-electron chi connectivity index (χ1n) is 11.9. The molecule has 2 aromatic carbocycles. The highest BCUT2D eigenvalue weighted by Gasteiger charge is 2.21. The summed E-state index contributed by atoms with van der Waals surface area (Å²) < 4.78 is 2.06. The first-order valence-corrected chi connectivity index (χ1v) is 11.9. The molecule has 0 saturated carbocycles. The summed E-state index contributed by atoms with van der Waals surface area (Å²) >= 11 is 0. The zero-order valence-corrected chi connectivity index (χ0v) is 19.1. The van der Waals surface area contributed by atoms with Gasteiger partial charge in [0.05, 0.1) is 23.4 Å². The van der Waals surface area contributed by atoms with Crippen molar-refractivity contribution in [2.75, 3.05) is 31.1 Å². The van der Waals surface area contributed by atoms with Gasteiger partial charge in [0.2, 0.25) is 0 Å². The Labute approximate surface area is 199 Å². The summed E-state index contributed by atoms with van der Waals surface area (Å²) in [5.41, 5.74) is 7.14. The van der Waals surface area contributed by atoms with Crippen LogP contribution in [0.2, 0.25) is 0 Å². The van der Waals surface area contributed by atoms with Crippen molar-refractivity contribution < 1.29 is 0 Å². The van der Waals surface area contributed by atoms with Gasteiger partial charge in [-0.2, -0.15) is 5.10 Å².